The fraction of sp³-hybridized carbons (Fsp3) is 0. The molecule has 4 heteroatoms. The summed E-state index contributed by atoms with van der Waals surface area (Å²) in [6.07, 6.45) is 0. The zero-order chi connectivity index (χ0) is 8.81. The Morgan fingerprint density at radius 1 is 1.33 bits per heavy atom. The van der Waals surface area contributed by atoms with E-state index in [1.54, 1.807) is 24.3 Å². The molecule has 0 saturated carbocycles. The van der Waals surface area contributed by atoms with Gasteiger partial charge in [-0.05, 0) is 29.3 Å². The second-order valence-electron chi connectivity index (χ2n) is 1.91. The number of nitrogens with zero attached hydrogens (tertiary/aromatic N) is 2. The van der Waals surface area contributed by atoms with Gasteiger partial charge in [-0.15, -0.1) is 0 Å². The zero-order valence-electron chi connectivity index (χ0n) is 6.02. The van der Waals surface area contributed by atoms with Crippen molar-refractivity contribution in [3.05, 3.63) is 51.6 Å². The van der Waals surface area contributed by atoms with Crippen molar-refractivity contribution in [3.8, 4) is 11.8 Å². The van der Waals surface area contributed by atoms with E-state index < -0.39 is 0 Å². The van der Waals surface area contributed by atoms with Gasteiger partial charge in [-0.3, -0.25) is 0 Å². The highest BCUT2D eigenvalue weighted by atomic mass is 16.6. The quantitative estimate of drug-likeness (QED) is 0.466. The van der Waals surface area contributed by atoms with E-state index in [2.05, 4.69) is 20.9 Å². The summed E-state index contributed by atoms with van der Waals surface area (Å²) in [4.78, 5) is 4.49. The first-order valence-electron chi connectivity index (χ1n) is 3.09. The molecule has 58 valence electrons. The van der Waals surface area contributed by atoms with Gasteiger partial charge < -0.3 is 5.21 Å². The molecule has 0 N–H and O–H groups in total. The van der Waals surface area contributed by atoms with Gasteiger partial charge in [0.2, 0.25) is 5.75 Å². The van der Waals surface area contributed by atoms with Crippen LogP contribution in [-0.2, 0) is 0 Å². The van der Waals surface area contributed by atoms with Crippen LogP contribution in [0.25, 0.3) is 10.0 Å². The molecule has 0 saturated heterocycles. The fourth-order valence-electron chi connectivity index (χ4n) is 0.696. The van der Waals surface area contributed by atoms with Crippen LogP contribution in [0.4, 0.5) is 0 Å². The van der Waals surface area contributed by atoms with Gasteiger partial charge in [-0.1, -0.05) is 0 Å². The standard InChI is InChI=1S/C8H4N2O2/c1-9-12-8-4-2-7(3-5-8)6-10-11/h2-5H. The third-order valence-corrected chi connectivity index (χ3v) is 1.18. The van der Waals surface area contributed by atoms with Crippen LogP contribution in [0.15, 0.2) is 24.3 Å². The Labute approximate surface area is 69.2 Å². The molecule has 0 amide bonds. The van der Waals surface area contributed by atoms with Crippen molar-refractivity contribution in [1.82, 2.24) is 0 Å². The van der Waals surface area contributed by atoms with Gasteiger partial charge >= 0.3 is 6.07 Å². The first-order valence-corrected chi connectivity index (χ1v) is 3.09. The van der Waals surface area contributed by atoms with Crippen LogP contribution >= 0.6 is 0 Å². The lowest BCUT2D eigenvalue weighted by atomic mass is 10.2. The largest absolute Gasteiger partial charge is 0.498 e. The molecule has 0 heterocycles. The molecular formula is C8H4N2O2. The van der Waals surface area contributed by atoms with E-state index in [4.69, 9.17) is 6.57 Å². The molecular weight excluding hydrogens is 156 g/mol. The molecule has 0 radical (unpaired) electrons. The Morgan fingerprint density at radius 3 is 2.50 bits per heavy atom. The topological polar surface area (TPSA) is 41.0 Å². The lowest BCUT2D eigenvalue weighted by Gasteiger charge is -1.87. The Balaban J connectivity index is 2.84. The summed E-state index contributed by atoms with van der Waals surface area (Å²) in [5.74, 6) is 0.432. The van der Waals surface area contributed by atoms with Crippen molar-refractivity contribution < 1.29 is 4.84 Å². The molecule has 1 aromatic carbocycles. The smallest absolute Gasteiger partial charge is 0.336 e. The minimum atomic E-state index is 0.432. The van der Waals surface area contributed by atoms with Gasteiger partial charge in [0.15, 0.2) is 0 Å². The number of rotatable bonds is 1. The van der Waals surface area contributed by atoms with E-state index in [9.17, 15) is 5.21 Å². The van der Waals surface area contributed by atoms with Gasteiger partial charge in [-0.25, -0.2) is 0 Å². The average molecular weight is 160 g/mol. The van der Waals surface area contributed by atoms with E-state index in [0.29, 0.717) is 11.3 Å². The molecule has 0 aliphatic carbocycles. The number of benzene rings is 1. The van der Waals surface area contributed by atoms with Crippen LogP contribution < -0.4 is 4.84 Å². The highest BCUT2D eigenvalue weighted by Gasteiger charge is 1.97. The van der Waals surface area contributed by atoms with Crippen LogP contribution in [0.5, 0.6) is 5.75 Å². The second kappa shape index (κ2) is 3.85. The summed E-state index contributed by atoms with van der Waals surface area (Å²) in [7, 11) is 0. The minimum absolute atomic E-state index is 0.432. The molecule has 1 aromatic rings. The summed E-state index contributed by atoms with van der Waals surface area (Å²) in [5.41, 5.74) is 0.558. The average Bonchev–Trinajstić information content (AvgIpc) is 2.09. The van der Waals surface area contributed by atoms with Gasteiger partial charge in [-0.2, -0.15) is 11.4 Å². The van der Waals surface area contributed by atoms with Crippen molar-refractivity contribution >= 4 is 0 Å². The Hall–Kier alpha value is -2.20. The van der Waals surface area contributed by atoms with Crippen molar-refractivity contribution in [2.45, 2.75) is 0 Å². The third-order valence-electron chi connectivity index (χ3n) is 1.18. The van der Waals surface area contributed by atoms with Crippen LogP contribution in [-0.4, -0.2) is 0 Å². The SMILES string of the molecule is [C-]#[N+]Oc1ccc(C#[N+][O-])cc1. The first kappa shape index (κ1) is 7.90. The maximum atomic E-state index is 9.74. The molecule has 0 atom stereocenters. The maximum Gasteiger partial charge on any atom is 0.336 e. The van der Waals surface area contributed by atoms with Gasteiger partial charge in [0.25, 0.3) is 0 Å². The third kappa shape index (κ3) is 1.89. The lowest BCUT2D eigenvalue weighted by Crippen LogP contribution is -1.78. The van der Waals surface area contributed by atoms with Crippen molar-refractivity contribution in [2.24, 2.45) is 0 Å². The summed E-state index contributed by atoms with van der Waals surface area (Å²) < 4.78 is 0. The van der Waals surface area contributed by atoms with Crippen LogP contribution in [0.1, 0.15) is 5.56 Å². The molecule has 0 fully saturated rings. The van der Waals surface area contributed by atoms with E-state index in [0.717, 1.165) is 0 Å². The van der Waals surface area contributed by atoms with Gasteiger partial charge in [0.05, 0.1) is 0 Å². The number of hydrogen-bond acceptors (Lipinski definition) is 2. The molecule has 1 rings (SSSR count). The maximum absolute atomic E-state index is 9.74. The van der Waals surface area contributed by atoms with Crippen LogP contribution in [0.3, 0.4) is 0 Å². The molecule has 0 aliphatic rings. The van der Waals surface area contributed by atoms with E-state index in [1.165, 1.54) is 0 Å². The molecule has 12 heavy (non-hydrogen) atoms. The lowest BCUT2D eigenvalue weighted by molar-refractivity contribution is 0.472. The van der Waals surface area contributed by atoms with Crippen molar-refractivity contribution in [2.75, 3.05) is 0 Å². The van der Waals surface area contributed by atoms with Crippen LogP contribution in [0.2, 0.25) is 0 Å². The Kier molecular flexibility index (Phi) is 2.53. The fourth-order valence-corrected chi connectivity index (χ4v) is 0.696. The van der Waals surface area contributed by atoms with Crippen LogP contribution in [0, 0.1) is 17.8 Å². The van der Waals surface area contributed by atoms with Gasteiger partial charge in [0.1, 0.15) is 5.56 Å². The molecule has 4 nitrogen and oxygen atoms in total. The summed E-state index contributed by atoms with van der Waals surface area (Å²) in [6, 6.07) is 8.51. The monoisotopic (exact) mass is 160 g/mol. The zero-order valence-corrected chi connectivity index (χ0v) is 6.02. The highest BCUT2D eigenvalue weighted by molar-refractivity contribution is 5.36. The van der Waals surface area contributed by atoms with Crippen molar-refractivity contribution in [1.29, 1.82) is 0 Å². The predicted octanol–water partition coefficient (Wildman–Crippen LogP) is 2.08. The molecule has 0 bridgehead atoms. The van der Waals surface area contributed by atoms with E-state index in [1.807, 2.05) is 0 Å². The second-order valence-corrected chi connectivity index (χ2v) is 1.91. The summed E-state index contributed by atoms with van der Waals surface area (Å²) in [5, 5.41) is 15.0. The first-order chi connectivity index (χ1) is 5.86. The molecule has 0 aromatic heterocycles. The predicted molar refractivity (Wildman–Crippen MR) is 43.4 cm³/mol. The normalized spacial score (nSPS) is 7.58. The van der Waals surface area contributed by atoms with Gasteiger partial charge in [0, 0.05) is 5.01 Å². The van der Waals surface area contributed by atoms with E-state index >= 15 is 0 Å². The number of hydrogen-bond donors (Lipinski definition) is 0. The Bertz CT molecular complexity index is 353. The van der Waals surface area contributed by atoms with Crippen molar-refractivity contribution in [3.63, 3.8) is 0 Å². The molecule has 0 spiro atoms. The minimum Gasteiger partial charge on any atom is -0.498 e. The summed E-state index contributed by atoms with van der Waals surface area (Å²) >= 11 is 0. The van der Waals surface area contributed by atoms with E-state index in [-0.39, 0.29) is 0 Å². The molecule has 0 aliphatic heterocycles. The summed E-state index contributed by atoms with van der Waals surface area (Å²) in [6.45, 7) is 6.39. The highest BCUT2D eigenvalue weighted by Crippen LogP contribution is 2.11. The molecule has 0 unspecified atom stereocenters. The Morgan fingerprint density at radius 2 is 2.00 bits per heavy atom.